The second-order valence-electron chi connectivity index (χ2n) is 6.74. The first-order valence-electron chi connectivity index (χ1n) is 9.15. The molecule has 0 bridgehead atoms. The minimum Gasteiger partial charge on any atom is -0.483 e. The van der Waals surface area contributed by atoms with Crippen LogP contribution in [0.1, 0.15) is 24.8 Å². The van der Waals surface area contributed by atoms with Gasteiger partial charge in [0.25, 0.3) is 5.91 Å². The fraction of sp³-hybridized carbons (Fsp3) is 0.350. The number of nitrogens with zero attached hydrogens (tertiary/aromatic N) is 1. The fourth-order valence-electron chi connectivity index (χ4n) is 3.07. The van der Waals surface area contributed by atoms with E-state index in [-0.39, 0.29) is 17.3 Å². The third-order valence-corrected chi connectivity index (χ3v) is 6.48. The molecule has 0 radical (unpaired) electrons. The molecule has 1 amide bonds. The van der Waals surface area contributed by atoms with E-state index in [2.05, 4.69) is 5.32 Å². The Morgan fingerprint density at radius 2 is 1.79 bits per heavy atom. The molecule has 0 atom stereocenters. The number of carbonyl (C=O) groups excluding carboxylic acids is 1. The quantitative estimate of drug-likeness (QED) is 0.799. The summed E-state index contributed by atoms with van der Waals surface area (Å²) in [6, 6.07) is 10.1. The molecule has 150 valence electrons. The summed E-state index contributed by atoms with van der Waals surface area (Å²) in [6.45, 7) is 2.59. The lowest BCUT2D eigenvalue weighted by Gasteiger charge is -2.26. The zero-order chi connectivity index (χ0) is 20.1. The van der Waals surface area contributed by atoms with E-state index in [1.54, 1.807) is 19.1 Å². The van der Waals surface area contributed by atoms with Gasteiger partial charge >= 0.3 is 0 Å². The molecule has 1 N–H and O–H groups in total. The number of aryl methyl sites for hydroxylation is 1. The maximum atomic E-state index is 12.9. The number of hydrogen-bond acceptors (Lipinski definition) is 4. The molecule has 6 nitrogen and oxygen atoms in total. The van der Waals surface area contributed by atoms with Crippen molar-refractivity contribution in [3.05, 3.63) is 53.8 Å². The SMILES string of the molecule is Cc1cc(S(=O)(=O)N2CCCCC2)ccc1OCC(=O)Nc1ccc(F)cc1. The highest BCUT2D eigenvalue weighted by molar-refractivity contribution is 7.89. The molecule has 0 saturated carbocycles. The number of carbonyl (C=O) groups is 1. The summed E-state index contributed by atoms with van der Waals surface area (Å²) in [5.74, 6) is -0.340. The van der Waals surface area contributed by atoms with Crippen LogP contribution in [-0.2, 0) is 14.8 Å². The number of halogens is 1. The normalized spacial score (nSPS) is 15.2. The van der Waals surface area contributed by atoms with Gasteiger partial charge in [-0.1, -0.05) is 6.42 Å². The van der Waals surface area contributed by atoms with Crippen LogP contribution in [0.15, 0.2) is 47.4 Å². The minimum atomic E-state index is -3.51. The number of ether oxygens (including phenoxy) is 1. The summed E-state index contributed by atoms with van der Waals surface area (Å²) < 4.78 is 45.4. The van der Waals surface area contributed by atoms with E-state index in [9.17, 15) is 17.6 Å². The van der Waals surface area contributed by atoms with Gasteiger partial charge in [0, 0.05) is 18.8 Å². The number of sulfonamides is 1. The van der Waals surface area contributed by atoms with Gasteiger partial charge < -0.3 is 10.1 Å². The number of benzene rings is 2. The standard InChI is InChI=1S/C20H23FN2O4S/c1-15-13-18(28(25,26)23-11-3-2-4-12-23)9-10-19(15)27-14-20(24)22-17-7-5-16(21)6-8-17/h5-10,13H,2-4,11-12,14H2,1H3,(H,22,24). The molecule has 0 spiro atoms. The third kappa shape index (κ3) is 4.88. The van der Waals surface area contributed by atoms with Gasteiger partial charge in [-0.3, -0.25) is 4.79 Å². The molecule has 1 saturated heterocycles. The summed E-state index contributed by atoms with van der Waals surface area (Å²) in [7, 11) is -3.51. The Bertz CT molecular complexity index is 939. The van der Waals surface area contributed by atoms with Gasteiger partial charge in [0.2, 0.25) is 10.0 Å². The summed E-state index contributed by atoms with van der Waals surface area (Å²) in [6.07, 6.45) is 2.81. The number of anilines is 1. The van der Waals surface area contributed by atoms with E-state index in [4.69, 9.17) is 4.74 Å². The molecular formula is C20H23FN2O4S. The zero-order valence-electron chi connectivity index (χ0n) is 15.7. The summed E-state index contributed by atoms with van der Waals surface area (Å²) in [5.41, 5.74) is 1.10. The van der Waals surface area contributed by atoms with Crippen molar-refractivity contribution in [2.45, 2.75) is 31.1 Å². The van der Waals surface area contributed by atoms with Crippen LogP contribution in [0.25, 0.3) is 0 Å². The molecule has 2 aromatic rings. The lowest BCUT2D eigenvalue weighted by atomic mass is 10.2. The predicted molar refractivity (Wildman–Crippen MR) is 104 cm³/mol. The molecular weight excluding hydrogens is 383 g/mol. The second kappa shape index (κ2) is 8.70. The fourth-order valence-corrected chi connectivity index (χ4v) is 4.67. The van der Waals surface area contributed by atoms with Crippen molar-refractivity contribution in [1.82, 2.24) is 4.31 Å². The van der Waals surface area contributed by atoms with Crippen LogP contribution in [0.4, 0.5) is 10.1 Å². The van der Waals surface area contributed by atoms with Gasteiger partial charge in [0.05, 0.1) is 4.90 Å². The Morgan fingerprint density at radius 1 is 1.11 bits per heavy atom. The third-order valence-electron chi connectivity index (χ3n) is 4.59. The minimum absolute atomic E-state index is 0.231. The smallest absolute Gasteiger partial charge is 0.262 e. The lowest BCUT2D eigenvalue weighted by molar-refractivity contribution is -0.118. The molecule has 2 aromatic carbocycles. The molecule has 28 heavy (non-hydrogen) atoms. The first-order chi connectivity index (χ1) is 13.4. The maximum Gasteiger partial charge on any atom is 0.262 e. The number of amides is 1. The highest BCUT2D eigenvalue weighted by Crippen LogP contribution is 2.26. The molecule has 1 heterocycles. The molecule has 3 rings (SSSR count). The molecule has 1 fully saturated rings. The van der Waals surface area contributed by atoms with Crippen LogP contribution in [0.3, 0.4) is 0 Å². The summed E-state index contributed by atoms with van der Waals surface area (Å²) in [5, 5.41) is 2.60. The van der Waals surface area contributed by atoms with Crippen molar-refractivity contribution in [3.63, 3.8) is 0 Å². The van der Waals surface area contributed by atoms with Crippen LogP contribution in [0.5, 0.6) is 5.75 Å². The summed E-state index contributed by atoms with van der Waals surface area (Å²) in [4.78, 5) is 12.2. The van der Waals surface area contributed by atoms with Gasteiger partial charge in [-0.2, -0.15) is 4.31 Å². The number of piperidine rings is 1. The molecule has 8 heteroatoms. The average molecular weight is 406 g/mol. The van der Waals surface area contributed by atoms with Gasteiger partial charge in [0.15, 0.2) is 6.61 Å². The van der Waals surface area contributed by atoms with Crippen molar-refractivity contribution in [2.75, 3.05) is 25.0 Å². The molecule has 1 aliphatic rings. The van der Waals surface area contributed by atoms with E-state index in [0.717, 1.165) is 19.3 Å². The van der Waals surface area contributed by atoms with Crippen LogP contribution < -0.4 is 10.1 Å². The van der Waals surface area contributed by atoms with E-state index >= 15 is 0 Å². The number of rotatable bonds is 6. The Labute approximate surface area is 164 Å². The van der Waals surface area contributed by atoms with E-state index < -0.39 is 15.9 Å². The maximum absolute atomic E-state index is 12.9. The first kappa shape index (κ1) is 20.3. The van der Waals surface area contributed by atoms with Crippen molar-refractivity contribution in [3.8, 4) is 5.75 Å². The van der Waals surface area contributed by atoms with Crippen LogP contribution in [0.2, 0.25) is 0 Å². The predicted octanol–water partition coefficient (Wildman–Crippen LogP) is 3.33. The highest BCUT2D eigenvalue weighted by Gasteiger charge is 2.26. The number of hydrogen-bond donors (Lipinski definition) is 1. The van der Waals surface area contributed by atoms with Crippen LogP contribution >= 0.6 is 0 Å². The second-order valence-corrected chi connectivity index (χ2v) is 8.67. The van der Waals surface area contributed by atoms with E-state index in [0.29, 0.717) is 30.1 Å². The number of nitrogens with one attached hydrogen (secondary N) is 1. The Kier molecular flexibility index (Phi) is 6.31. The molecule has 0 aromatic heterocycles. The van der Waals surface area contributed by atoms with Crippen LogP contribution in [0, 0.1) is 12.7 Å². The Morgan fingerprint density at radius 3 is 2.43 bits per heavy atom. The molecule has 0 unspecified atom stereocenters. The molecule has 0 aliphatic carbocycles. The molecule has 1 aliphatic heterocycles. The van der Waals surface area contributed by atoms with E-state index in [1.807, 2.05) is 0 Å². The van der Waals surface area contributed by atoms with Gasteiger partial charge in [-0.15, -0.1) is 0 Å². The Balaban J connectivity index is 1.62. The topological polar surface area (TPSA) is 75.7 Å². The Hall–Kier alpha value is -2.45. The van der Waals surface area contributed by atoms with Crippen molar-refractivity contribution in [1.29, 1.82) is 0 Å². The van der Waals surface area contributed by atoms with Crippen molar-refractivity contribution >= 4 is 21.6 Å². The lowest BCUT2D eigenvalue weighted by Crippen LogP contribution is -2.35. The average Bonchev–Trinajstić information content (AvgIpc) is 2.69. The largest absolute Gasteiger partial charge is 0.483 e. The van der Waals surface area contributed by atoms with Crippen LogP contribution in [-0.4, -0.2) is 38.3 Å². The van der Waals surface area contributed by atoms with Crippen molar-refractivity contribution < 1.29 is 22.3 Å². The van der Waals surface area contributed by atoms with Crippen molar-refractivity contribution in [2.24, 2.45) is 0 Å². The van der Waals surface area contributed by atoms with Gasteiger partial charge in [-0.25, -0.2) is 12.8 Å². The highest BCUT2D eigenvalue weighted by atomic mass is 32.2. The monoisotopic (exact) mass is 406 g/mol. The van der Waals surface area contributed by atoms with Gasteiger partial charge in [-0.05, 0) is 67.8 Å². The first-order valence-corrected chi connectivity index (χ1v) is 10.6. The zero-order valence-corrected chi connectivity index (χ0v) is 16.5. The summed E-state index contributed by atoms with van der Waals surface area (Å²) >= 11 is 0. The van der Waals surface area contributed by atoms with Gasteiger partial charge in [0.1, 0.15) is 11.6 Å². The van der Waals surface area contributed by atoms with E-state index in [1.165, 1.54) is 34.6 Å².